The predicted molar refractivity (Wildman–Crippen MR) is 84.5 cm³/mol. The number of ether oxygens (including phenoxy) is 2. The van der Waals surface area contributed by atoms with E-state index in [1.165, 1.54) is 26.4 Å². The summed E-state index contributed by atoms with van der Waals surface area (Å²) in [5.41, 5.74) is -0.626. The minimum atomic E-state index is -1.37. The highest BCUT2D eigenvalue weighted by molar-refractivity contribution is 5.76. The first kappa shape index (κ1) is 20.7. The largest absolute Gasteiger partial charge is 0.467 e. The fraction of sp³-hybridized carbons (Fsp3) is 0.875. The Morgan fingerprint density at radius 1 is 1.32 bits per heavy atom. The van der Waals surface area contributed by atoms with Crippen molar-refractivity contribution < 1.29 is 24.2 Å². The van der Waals surface area contributed by atoms with Crippen LogP contribution in [-0.2, 0) is 14.3 Å². The summed E-state index contributed by atoms with van der Waals surface area (Å²) < 4.78 is 9.71. The number of esters is 1. The first-order valence-corrected chi connectivity index (χ1v) is 7.48. The van der Waals surface area contributed by atoms with Crippen LogP contribution in [-0.4, -0.2) is 42.0 Å². The van der Waals surface area contributed by atoms with Gasteiger partial charge in [0.1, 0.15) is 5.60 Å². The van der Waals surface area contributed by atoms with Crippen molar-refractivity contribution in [3.63, 3.8) is 0 Å². The van der Waals surface area contributed by atoms with E-state index in [1.54, 1.807) is 20.8 Å². The molecule has 0 aromatic carbocycles. The first-order chi connectivity index (χ1) is 9.73. The lowest BCUT2D eigenvalue weighted by Crippen LogP contribution is -2.49. The van der Waals surface area contributed by atoms with Crippen molar-refractivity contribution in [2.75, 3.05) is 7.11 Å². The number of alkyl carbamates (subject to hydrolysis) is 1. The maximum Gasteiger partial charge on any atom is 0.407 e. The number of carbonyl (C=O) groups excluding carboxylic acids is 2. The average molecular weight is 317 g/mol. The Morgan fingerprint density at radius 2 is 1.91 bits per heavy atom. The van der Waals surface area contributed by atoms with Crippen LogP contribution in [0.3, 0.4) is 0 Å². The van der Waals surface area contributed by atoms with Crippen molar-refractivity contribution >= 4 is 12.1 Å². The molecule has 2 N–H and O–H groups in total. The van der Waals surface area contributed by atoms with Gasteiger partial charge in [0.2, 0.25) is 0 Å². The summed E-state index contributed by atoms with van der Waals surface area (Å²) >= 11 is 0. The smallest absolute Gasteiger partial charge is 0.407 e. The van der Waals surface area contributed by atoms with E-state index >= 15 is 0 Å². The number of methoxy groups -OCH3 is 1. The SMILES string of the molecule is C.COC(=O)C(O)C(CCC1CCC1)NC(=O)OC(C)(C)C. The Hall–Kier alpha value is -1.30. The maximum absolute atomic E-state index is 11.8. The molecule has 1 rings (SSSR count). The molecule has 1 amide bonds. The lowest BCUT2D eigenvalue weighted by molar-refractivity contribution is -0.152. The van der Waals surface area contributed by atoms with Crippen LogP contribution < -0.4 is 5.32 Å². The second kappa shape index (κ2) is 8.98. The molecule has 0 aromatic rings. The lowest BCUT2D eigenvalue weighted by atomic mass is 9.81. The summed E-state index contributed by atoms with van der Waals surface area (Å²) in [5.74, 6) is -0.123. The molecule has 0 aromatic heterocycles. The monoisotopic (exact) mass is 317 g/mol. The zero-order valence-electron chi connectivity index (χ0n) is 13.3. The molecule has 6 heteroatoms. The van der Waals surface area contributed by atoms with Crippen molar-refractivity contribution in [1.29, 1.82) is 0 Å². The molecule has 130 valence electrons. The van der Waals surface area contributed by atoms with Crippen LogP contribution in [0.15, 0.2) is 0 Å². The molecule has 2 unspecified atom stereocenters. The molecule has 2 atom stereocenters. The van der Waals surface area contributed by atoms with Gasteiger partial charge in [-0.15, -0.1) is 0 Å². The van der Waals surface area contributed by atoms with E-state index in [0.717, 1.165) is 6.42 Å². The number of nitrogens with one attached hydrogen (secondary N) is 1. The topological polar surface area (TPSA) is 84.9 Å². The van der Waals surface area contributed by atoms with Gasteiger partial charge in [-0.3, -0.25) is 0 Å². The van der Waals surface area contributed by atoms with Crippen molar-refractivity contribution in [2.45, 2.75) is 78.0 Å². The van der Waals surface area contributed by atoms with Gasteiger partial charge in [0.25, 0.3) is 0 Å². The van der Waals surface area contributed by atoms with Crippen molar-refractivity contribution in [2.24, 2.45) is 5.92 Å². The number of rotatable bonds is 6. The zero-order chi connectivity index (χ0) is 16.0. The molecule has 1 fully saturated rings. The van der Waals surface area contributed by atoms with Gasteiger partial charge in [0.15, 0.2) is 6.10 Å². The fourth-order valence-corrected chi connectivity index (χ4v) is 2.25. The van der Waals surface area contributed by atoms with Crippen LogP contribution in [0.1, 0.15) is 60.3 Å². The minimum absolute atomic E-state index is 0. The highest BCUT2D eigenvalue weighted by atomic mass is 16.6. The number of aliphatic hydroxyl groups excluding tert-OH is 1. The van der Waals surface area contributed by atoms with E-state index in [-0.39, 0.29) is 7.43 Å². The Labute approximate surface area is 133 Å². The second-order valence-electron chi connectivity index (χ2n) is 6.59. The summed E-state index contributed by atoms with van der Waals surface area (Å²) in [6, 6.07) is -0.687. The van der Waals surface area contributed by atoms with Crippen molar-refractivity contribution in [3.05, 3.63) is 0 Å². The highest BCUT2D eigenvalue weighted by Gasteiger charge is 2.31. The molecule has 1 aliphatic carbocycles. The molecule has 1 saturated carbocycles. The van der Waals surface area contributed by atoms with Gasteiger partial charge in [-0.2, -0.15) is 0 Å². The Balaban J connectivity index is 0.00000441. The summed E-state index contributed by atoms with van der Waals surface area (Å²) in [6.07, 6.45) is 2.97. The van der Waals surface area contributed by atoms with E-state index in [4.69, 9.17) is 4.74 Å². The van der Waals surface area contributed by atoms with Gasteiger partial charge in [-0.1, -0.05) is 26.7 Å². The third-order valence-corrected chi connectivity index (χ3v) is 3.64. The minimum Gasteiger partial charge on any atom is -0.467 e. The number of hydrogen-bond donors (Lipinski definition) is 2. The van der Waals surface area contributed by atoms with Crippen LogP contribution in [0.5, 0.6) is 0 Å². The third kappa shape index (κ3) is 7.11. The molecule has 0 aliphatic heterocycles. The van der Waals surface area contributed by atoms with Gasteiger partial charge in [-0.25, -0.2) is 9.59 Å². The van der Waals surface area contributed by atoms with Crippen molar-refractivity contribution in [3.8, 4) is 0 Å². The number of hydrogen-bond acceptors (Lipinski definition) is 5. The van der Waals surface area contributed by atoms with Crippen LogP contribution >= 0.6 is 0 Å². The molecule has 0 bridgehead atoms. The molecule has 22 heavy (non-hydrogen) atoms. The van der Waals surface area contributed by atoms with Crippen LogP contribution in [0.2, 0.25) is 0 Å². The molecule has 0 saturated heterocycles. The van der Waals surface area contributed by atoms with E-state index in [2.05, 4.69) is 10.1 Å². The number of aliphatic hydroxyl groups is 1. The molecule has 0 radical (unpaired) electrons. The third-order valence-electron chi connectivity index (χ3n) is 3.64. The van der Waals surface area contributed by atoms with Crippen LogP contribution in [0, 0.1) is 5.92 Å². The van der Waals surface area contributed by atoms with E-state index < -0.39 is 29.8 Å². The number of carbonyl (C=O) groups is 2. The maximum atomic E-state index is 11.8. The summed E-state index contributed by atoms with van der Waals surface area (Å²) in [5, 5.41) is 12.6. The first-order valence-electron chi connectivity index (χ1n) is 7.48. The molecule has 0 spiro atoms. The Kier molecular flexibility index (Phi) is 8.45. The van der Waals surface area contributed by atoms with Gasteiger partial charge >= 0.3 is 12.1 Å². The molecule has 6 nitrogen and oxygen atoms in total. The van der Waals surface area contributed by atoms with Gasteiger partial charge in [0, 0.05) is 0 Å². The summed E-state index contributed by atoms with van der Waals surface area (Å²) in [6.45, 7) is 5.27. The van der Waals surface area contributed by atoms with E-state index in [1.807, 2.05) is 0 Å². The van der Waals surface area contributed by atoms with Gasteiger partial charge < -0.3 is 19.9 Å². The molecular weight excluding hydrogens is 286 g/mol. The quantitative estimate of drug-likeness (QED) is 0.736. The van der Waals surface area contributed by atoms with Crippen molar-refractivity contribution in [1.82, 2.24) is 5.32 Å². The lowest BCUT2D eigenvalue weighted by Gasteiger charge is -2.29. The van der Waals surface area contributed by atoms with E-state index in [9.17, 15) is 14.7 Å². The van der Waals surface area contributed by atoms with E-state index in [0.29, 0.717) is 12.3 Å². The normalized spacial score (nSPS) is 17.5. The second-order valence-corrected chi connectivity index (χ2v) is 6.59. The number of amides is 1. The highest BCUT2D eigenvalue weighted by Crippen LogP contribution is 2.31. The predicted octanol–water partition coefficient (Wildman–Crippen LogP) is 2.63. The fourth-order valence-electron chi connectivity index (χ4n) is 2.25. The molecule has 0 heterocycles. The average Bonchev–Trinajstić information content (AvgIpc) is 2.31. The standard InChI is InChI=1S/C15H27NO5.CH4/c1-15(2,3)21-14(19)16-11(12(17)13(18)20-4)9-8-10-6-5-7-10;/h10-12,17H,5-9H2,1-4H3,(H,16,19);1H4. The van der Waals surface area contributed by atoms with Crippen LogP contribution in [0.4, 0.5) is 4.79 Å². The zero-order valence-corrected chi connectivity index (χ0v) is 13.3. The summed E-state index contributed by atoms with van der Waals surface area (Å²) in [7, 11) is 1.21. The van der Waals surface area contributed by atoms with Gasteiger partial charge in [0.05, 0.1) is 13.2 Å². The van der Waals surface area contributed by atoms with Crippen LogP contribution in [0.25, 0.3) is 0 Å². The Bertz CT molecular complexity index is 360. The molecule has 1 aliphatic rings. The summed E-state index contributed by atoms with van der Waals surface area (Å²) in [4.78, 5) is 23.3. The Morgan fingerprint density at radius 3 is 2.32 bits per heavy atom. The van der Waals surface area contributed by atoms with Gasteiger partial charge in [-0.05, 0) is 39.5 Å². The molecular formula is C16H31NO5.